The molecule has 0 radical (unpaired) electrons. The highest BCUT2D eigenvalue weighted by molar-refractivity contribution is 7.90. The van der Waals surface area contributed by atoms with Crippen molar-refractivity contribution in [2.45, 2.75) is 36.5 Å². The minimum absolute atomic E-state index is 0.0479. The van der Waals surface area contributed by atoms with Crippen molar-refractivity contribution in [2.75, 3.05) is 0 Å². The zero-order valence-corrected chi connectivity index (χ0v) is 14.9. The van der Waals surface area contributed by atoms with Crippen LogP contribution in [0.15, 0.2) is 27.9 Å². The Morgan fingerprint density at radius 2 is 1.96 bits per heavy atom. The van der Waals surface area contributed by atoms with Crippen molar-refractivity contribution in [3.05, 3.63) is 27.9 Å². The zero-order chi connectivity index (χ0) is 18.4. The first kappa shape index (κ1) is 18.0. The number of carbonyl (C=O) groups is 1. The molecule has 2 aromatic rings. The summed E-state index contributed by atoms with van der Waals surface area (Å²) in [5.74, 6) is -4.30. The maximum absolute atomic E-state index is 13.2. The molecule has 0 aliphatic heterocycles. The summed E-state index contributed by atoms with van der Waals surface area (Å²) in [5.41, 5.74) is 0.592. The van der Waals surface area contributed by atoms with E-state index in [4.69, 9.17) is 0 Å². The summed E-state index contributed by atoms with van der Waals surface area (Å²) in [4.78, 5) is 23.4. The first-order chi connectivity index (χ1) is 11.6. The fraction of sp³-hybridized carbons (Fsp3) is 0.467. The van der Waals surface area contributed by atoms with Gasteiger partial charge in [0.05, 0.1) is 15.1 Å². The maximum Gasteiger partial charge on any atom is 0.307 e. The number of thiazole rings is 1. The van der Waals surface area contributed by atoms with Crippen LogP contribution in [0.4, 0.5) is 8.78 Å². The van der Waals surface area contributed by atoms with E-state index in [1.807, 2.05) is 4.72 Å². The summed E-state index contributed by atoms with van der Waals surface area (Å²) >= 11 is 0.903. The molecular formula is C15H16F2N2O4S2. The molecule has 0 spiro atoms. The molecule has 1 heterocycles. The number of carbonyl (C=O) groups excluding carboxylic acids is 1. The zero-order valence-electron chi connectivity index (χ0n) is 13.3. The van der Waals surface area contributed by atoms with E-state index in [2.05, 4.69) is 0 Å². The molecule has 0 atom stereocenters. The Labute approximate surface area is 146 Å². The first-order valence-corrected chi connectivity index (χ1v) is 9.93. The number of halogens is 2. The van der Waals surface area contributed by atoms with Crippen LogP contribution in [-0.2, 0) is 21.9 Å². The predicted molar refractivity (Wildman–Crippen MR) is 89.3 cm³/mol. The largest absolute Gasteiger partial charge is 0.307 e. The maximum atomic E-state index is 13.2. The minimum Gasteiger partial charge on any atom is -0.302 e. The molecule has 1 fully saturated rings. The van der Waals surface area contributed by atoms with E-state index < -0.39 is 40.6 Å². The van der Waals surface area contributed by atoms with Gasteiger partial charge in [-0.15, -0.1) is 0 Å². The number of benzene rings is 1. The van der Waals surface area contributed by atoms with Crippen molar-refractivity contribution in [3.8, 4) is 0 Å². The van der Waals surface area contributed by atoms with Gasteiger partial charge in [0.25, 0.3) is 10.0 Å². The smallest absolute Gasteiger partial charge is 0.302 e. The van der Waals surface area contributed by atoms with E-state index in [0.717, 1.165) is 11.3 Å². The third-order valence-corrected chi connectivity index (χ3v) is 6.74. The summed E-state index contributed by atoms with van der Waals surface area (Å²) in [6.45, 7) is 0. The summed E-state index contributed by atoms with van der Waals surface area (Å²) in [6, 6.07) is 4.12. The van der Waals surface area contributed by atoms with Gasteiger partial charge in [0, 0.05) is 25.8 Å². The lowest BCUT2D eigenvalue weighted by Gasteiger charge is -2.27. The van der Waals surface area contributed by atoms with Crippen LogP contribution in [0.25, 0.3) is 10.2 Å². The first-order valence-electron chi connectivity index (χ1n) is 7.63. The number of amides is 1. The number of rotatable bonds is 3. The molecule has 3 rings (SSSR count). The molecule has 0 saturated heterocycles. The molecule has 1 saturated carbocycles. The number of hydrogen-bond donors (Lipinski definition) is 1. The highest BCUT2D eigenvalue weighted by atomic mass is 32.2. The second-order valence-corrected chi connectivity index (χ2v) is 8.83. The van der Waals surface area contributed by atoms with Gasteiger partial charge in [-0.2, -0.15) is 0 Å². The SMILES string of the molecule is Cn1c(=O)sc2cc(S(=O)(=O)NC(=O)C3CCC(F)(F)CC3)ccc21. The number of alkyl halides is 2. The lowest BCUT2D eigenvalue weighted by molar-refractivity contribution is -0.127. The molecule has 6 nitrogen and oxygen atoms in total. The van der Waals surface area contributed by atoms with Crippen LogP contribution in [-0.4, -0.2) is 24.8 Å². The minimum atomic E-state index is -4.12. The van der Waals surface area contributed by atoms with Crippen LogP contribution in [0.2, 0.25) is 0 Å². The van der Waals surface area contributed by atoms with Gasteiger partial charge in [-0.1, -0.05) is 11.3 Å². The average Bonchev–Trinajstić information content (AvgIpc) is 2.81. The van der Waals surface area contributed by atoms with E-state index in [1.54, 1.807) is 7.05 Å². The Bertz CT molecular complexity index is 985. The number of aryl methyl sites for hydroxylation is 1. The molecule has 1 aliphatic carbocycles. The van der Waals surface area contributed by atoms with E-state index >= 15 is 0 Å². The second kappa shape index (κ2) is 6.17. The Morgan fingerprint density at radius 3 is 2.60 bits per heavy atom. The fourth-order valence-electron chi connectivity index (χ4n) is 2.86. The number of hydrogen-bond acceptors (Lipinski definition) is 5. The normalized spacial score (nSPS) is 18.4. The van der Waals surface area contributed by atoms with Gasteiger partial charge in [-0.05, 0) is 31.0 Å². The molecule has 1 N–H and O–H groups in total. The number of nitrogens with zero attached hydrogens (tertiary/aromatic N) is 1. The van der Waals surface area contributed by atoms with Crippen molar-refractivity contribution < 1.29 is 22.0 Å². The van der Waals surface area contributed by atoms with Crippen LogP contribution >= 0.6 is 11.3 Å². The summed E-state index contributed by atoms with van der Waals surface area (Å²) in [5, 5.41) is 0. The molecule has 1 aliphatic rings. The number of sulfonamides is 1. The van der Waals surface area contributed by atoms with E-state index in [9.17, 15) is 26.8 Å². The van der Waals surface area contributed by atoms with Gasteiger partial charge < -0.3 is 4.57 Å². The van der Waals surface area contributed by atoms with Gasteiger partial charge in [0.2, 0.25) is 11.8 Å². The van der Waals surface area contributed by atoms with Crippen LogP contribution in [0.3, 0.4) is 0 Å². The molecule has 1 amide bonds. The highest BCUT2D eigenvalue weighted by Gasteiger charge is 2.38. The van der Waals surface area contributed by atoms with Crippen molar-refractivity contribution in [2.24, 2.45) is 13.0 Å². The lowest BCUT2D eigenvalue weighted by Crippen LogP contribution is -2.38. The Kier molecular flexibility index (Phi) is 4.44. The Hall–Kier alpha value is -1.81. The quantitative estimate of drug-likeness (QED) is 0.871. The van der Waals surface area contributed by atoms with Crippen molar-refractivity contribution in [1.82, 2.24) is 9.29 Å². The molecule has 0 unspecified atom stereocenters. The van der Waals surface area contributed by atoms with Crippen molar-refractivity contribution in [1.29, 1.82) is 0 Å². The number of fused-ring (bicyclic) bond motifs is 1. The highest BCUT2D eigenvalue weighted by Crippen LogP contribution is 2.36. The summed E-state index contributed by atoms with van der Waals surface area (Å²) < 4.78 is 54.9. The third-order valence-electron chi connectivity index (χ3n) is 4.40. The predicted octanol–water partition coefficient (Wildman–Crippen LogP) is 2.23. The standard InChI is InChI=1S/C15H16F2N2O4S2/c1-19-11-3-2-10(8-12(11)24-14(19)21)25(22,23)18-13(20)9-4-6-15(16,17)7-5-9/h2-3,8-9H,4-7H2,1H3,(H,18,20). The van der Waals surface area contributed by atoms with Gasteiger partial charge in [0.15, 0.2) is 0 Å². The topological polar surface area (TPSA) is 85.2 Å². The molecule has 1 aromatic carbocycles. The van der Waals surface area contributed by atoms with Gasteiger partial charge in [-0.25, -0.2) is 21.9 Å². The Morgan fingerprint density at radius 1 is 1.32 bits per heavy atom. The lowest BCUT2D eigenvalue weighted by atomic mass is 9.86. The molecule has 136 valence electrons. The number of nitrogens with one attached hydrogen (secondary N) is 1. The second-order valence-electron chi connectivity index (χ2n) is 6.16. The fourth-order valence-corrected chi connectivity index (χ4v) is 4.92. The van der Waals surface area contributed by atoms with E-state index in [1.165, 1.54) is 22.8 Å². The van der Waals surface area contributed by atoms with Crippen LogP contribution in [0, 0.1) is 5.92 Å². The van der Waals surface area contributed by atoms with Gasteiger partial charge in [-0.3, -0.25) is 9.59 Å². The van der Waals surface area contributed by atoms with Gasteiger partial charge >= 0.3 is 4.87 Å². The molecule has 1 aromatic heterocycles. The monoisotopic (exact) mass is 390 g/mol. The number of aromatic nitrogens is 1. The van der Waals surface area contributed by atoms with Crippen molar-refractivity contribution >= 4 is 37.5 Å². The summed E-state index contributed by atoms with van der Waals surface area (Å²) in [6.07, 6.45) is -0.939. The van der Waals surface area contributed by atoms with Crippen LogP contribution < -0.4 is 9.60 Å². The molecule has 10 heteroatoms. The third kappa shape index (κ3) is 3.59. The van der Waals surface area contributed by atoms with E-state index in [0.29, 0.717) is 10.2 Å². The molecule has 25 heavy (non-hydrogen) atoms. The van der Waals surface area contributed by atoms with Crippen molar-refractivity contribution in [3.63, 3.8) is 0 Å². The van der Waals surface area contributed by atoms with Crippen LogP contribution in [0.5, 0.6) is 0 Å². The van der Waals surface area contributed by atoms with Gasteiger partial charge in [0.1, 0.15) is 0 Å². The Balaban J connectivity index is 1.80. The molecular weight excluding hydrogens is 374 g/mol. The average molecular weight is 390 g/mol. The van der Waals surface area contributed by atoms with Crippen LogP contribution in [0.1, 0.15) is 25.7 Å². The van der Waals surface area contributed by atoms with E-state index in [-0.39, 0.29) is 22.6 Å². The molecule has 0 bridgehead atoms. The summed E-state index contributed by atoms with van der Waals surface area (Å²) in [7, 11) is -2.54.